The van der Waals surface area contributed by atoms with E-state index < -0.39 is 23.2 Å². The molecule has 1 unspecified atom stereocenters. The molecule has 4 saturated carbocycles. The second kappa shape index (κ2) is 17.5. The van der Waals surface area contributed by atoms with Crippen LogP contribution in [0.1, 0.15) is 68.4 Å². The van der Waals surface area contributed by atoms with E-state index in [1.807, 2.05) is 112 Å². The van der Waals surface area contributed by atoms with Gasteiger partial charge in [0.05, 0.1) is 43.9 Å². The van der Waals surface area contributed by atoms with Gasteiger partial charge in [0.25, 0.3) is 5.91 Å². The number of aliphatic hydroxyl groups excluding tert-OH is 1. The van der Waals surface area contributed by atoms with Crippen molar-refractivity contribution in [1.29, 1.82) is 0 Å². The van der Waals surface area contributed by atoms with E-state index in [4.69, 9.17) is 14.6 Å². The van der Waals surface area contributed by atoms with Gasteiger partial charge in [0.15, 0.2) is 5.96 Å². The van der Waals surface area contributed by atoms with Crippen LogP contribution in [0.25, 0.3) is 11.1 Å². The van der Waals surface area contributed by atoms with Crippen molar-refractivity contribution in [3.63, 3.8) is 0 Å². The molecule has 1 heterocycles. The Morgan fingerprint density at radius 1 is 0.984 bits per heavy atom. The molecular formula is C49H69N7O6. The number of nitrogens with zero attached hydrogens (tertiary/aromatic N) is 5. The Morgan fingerprint density at radius 3 is 2.26 bits per heavy atom. The number of hydrogen-bond donors (Lipinski definition) is 4. The molecule has 1 spiro atoms. The fourth-order valence-electron chi connectivity index (χ4n) is 11.1. The zero-order chi connectivity index (χ0) is 44.9. The SMILES string of the molecule is COc1c(CN2O[C@@H](CO)[C@]3(CC3(C)O)[C@H]2C(=O)N[C@H]2C[C@H]3C[C@@H]([C@@H]2C)C3(C)C)cccc1-c1cc(C(=O)N[C@H](CN=C(N(C)C)N(C)C)Cc2ccccc2)cc(N(C)C)c1. The maximum Gasteiger partial charge on any atom is 0.251 e. The summed E-state index contributed by atoms with van der Waals surface area (Å²) in [5.74, 6) is 2.40. The van der Waals surface area contributed by atoms with Gasteiger partial charge in [-0.25, -0.2) is 0 Å². The fourth-order valence-corrected chi connectivity index (χ4v) is 11.1. The third-order valence-electron chi connectivity index (χ3n) is 14.8. The van der Waals surface area contributed by atoms with Gasteiger partial charge >= 0.3 is 0 Å². The van der Waals surface area contributed by atoms with Gasteiger partial charge in [-0.1, -0.05) is 69.3 Å². The van der Waals surface area contributed by atoms with Crippen LogP contribution in [0.15, 0.2) is 71.7 Å². The molecular weight excluding hydrogens is 783 g/mol. The average molecular weight is 852 g/mol. The summed E-state index contributed by atoms with van der Waals surface area (Å²) in [6.07, 6.45) is 2.30. The molecule has 13 nitrogen and oxygen atoms in total. The van der Waals surface area contributed by atoms with E-state index in [0.29, 0.717) is 48.5 Å². The van der Waals surface area contributed by atoms with Crippen molar-refractivity contribution in [3.8, 4) is 16.9 Å². The molecule has 2 amide bonds. The minimum Gasteiger partial charge on any atom is -0.496 e. The highest BCUT2D eigenvalue weighted by Crippen LogP contribution is 2.66. The Morgan fingerprint density at radius 2 is 1.68 bits per heavy atom. The zero-order valence-electron chi connectivity index (χ0n) is 38.6. The Bertz CT molecular complexity index is 2130. The van der Waals surface area contributed by atoms with Crippen LogP contribution in [0, 0.1) is 28.6 Å². The highest BCUT2D eigenvalue weighted by Gasteiger charge is 2.78. The van der Waals surface area contributed by atoms with Crippen LogP contribution in [0.3, 0.4) is 0 Å². The van der Waals surface area contributed by atoms with Crippen molar-refractivity contribution in [2.75, 3.05) is 67.4 Å². The molecule has 3 aromatic carbocycles. The van der Waals surface area contributed by atoms with Crippen molar-refractivity contribution in [3.05, 3.63) is 83.4 Å². The van der Waals surface area contributed by atoms with Crippen LogP contribution < -0.4 is 20.3 Å². The topological polar surface area (TPSA) is 142 Å². The number of ether oxygens (including phenoxy) is 1. The average Bonchev–Trinajstić information content (AvgIpc) is 3.65. The van der Waals surface area contributed by atoms with E-state index in [2.05, 4.69) is 43.5 Å². The van der Waals surface area contributed by atoms with Gasteiger partial charge < -0.3 is 40.3 Å². The number of rotatable bonds is 14. The summed E-state index contributed by atoms with van der Waals surface area (Å²) in [5, 5.41) is 30.5. The van der Waals surface area contributed by atoms with Gasteiger partial charge in [0.1, 0.15) is 17.9 Å². The lowest BCUT2D eigenvalue weighted by Crippen LogP contribution is -2.62. The Labute approximate surface area is 368 Å². The molecule has 3 aromatic rings. The number of benzene rings is 3. The first-order valence-electron chi connectivity index (χ1n) is 22.1. The third-order valence-corrected chi connectivity index (χ3v) is 14.8. The molecule has 1 aliphatic heterocycles. The smallest absolute Gasteiger partial charge is 0.251 e. The van der Waals surface area contributed by atoms with Crippen LogP contribution in [0.4, 0.5) is 5.69 Å². The van der Waals surface area contributed by atoms with E-state index in [1.54, 1.807) is 19.1 Å². The molecule has 0 radical (unpaired) electrons. The minimum absolute atomic E-state index is 0.0261. The maximum atomic E-state index is 14.6. The molecule has 9 atom stereocenters. The van der Waals surface area contributed by atoms with Crippen molar-refractivity contribution >= 4 is 23.5 Å². The lowest BCUT2D eigenvalue weighted by Gasteiger charge is -2.62. The van der Waals surface area contributed by atoms with E-state index in [0.717, 1.165) is 40.3 Å². The number of guanidine groups is 1. The molecule has 13 heteroatoms. The first-order valence-corrected chi connectivity index (χ1v) is 22.1. The number of para-hydroxylation sites is 1. The number of carbonyl (C=O) groups excluding carboxylic acids is 2. The Kier molecular flexibility index (Phi) is 12.8. The van der Waals surface area contributed by atoms with E-state index in [-0.39, 0.29) is 42.5 Å². The van der Waals surface area contributed by atoms with Gasteiger partial charge in [0.2, 0.25) is 5.91 Å². The van der Waals surface area contributed by atoms with Crippen LogP contribution in [-0.4, -0.2) is 135 Å². The Balaban J connectivity index is 1.18. The van der Waals surface area contributed by atoms with Gasteiger partial charge in [-0.3, -0.25) is 19.4 Å². The van der Waals surface area contributed by atoms with E-state index in [1.165, 1.54) is 6.42 Å². The molecule has 0 aromatic heterocycles. The molecule has 8 rings (SSSR count). The molecule has 5 aliphatic rings. The summed E-state index contributed by atoms with van der Waals surface area (Å²) in [4.78, 5) is 46.2. The summed E-state index contributed by atoms with van der Waals surface area (Å²) in [6, 6.07) is 20.6. The van der Waals surface area contributed by atoms with Crippen LogP contribution >= 0.6 is 0 Å². The van der Waals surface area contributed by atoms with Crippen molar-refractivity contribution in [1.82, 2.24) is 25.5 Å². The largest absolute Gasteiger partial charge is 0.496 e. The molecule has 2 bridgehead atoms. The summed E-state index contributed by atoms with van der Waals surface area (Å²) < 4.78 is 6.18. The van der Waals surface area contributed by atoms with Gasteiger partial charge in [-0.05, 0) is 85.1 Å². The molecule has 1 saturated heterocycles. The second-order valence-electron chi connectivity index (χ2n) is 19.8. The van der Waals surface area contributed by atoms with Crippen LogP contribution in [0.5, 0.6) is 5.75 Å². The predicted molar refractivity (Wildman–Crippen MR) is 244 cm³/mol. The van der Waals surface area contributed by atoms with Crippen molar-refractivity contribution in [2.24, 2.45) is 33.6 Å². The fraction of sp³-hybridized carbons (Fsp3) is 0.571. The summed E-state index contributed by atoms with van der Waals surface area (Å²) in [5.41, 5.74) is 2.83. The number of amides is 2. The molecule has 336 valence electrons. The number of methoxy groups -OCH3 is 1. The number of aliphatic hydroxyl groups is 2. The van der Waals surface area contributed by atoms with Gasteiger partial charge in [-0.15, -0.1) is 0 Å². The van der Waals surface area contributed by atoms with Gasteiger partial charge in [-0.2, -0.15) is 5.06 Å². The number of fused-ring (bicyclic) bond motifs is 2. The second-order valence-corrected chi connectivity index (χ2v) is 19.8. The molecule has 5 fully saturated rings. The molecule has 62 heavy (non-hydrogen) atoms. The first kappa shape index (κ1) is 45.3. The van der Waals surface area contributed by atoms with E-state index in [9.17, 15) is 19.8 Å². The maximum absolute atomic E-state index is 14.6. The van der Waals surface area contributed by atoms with Crippen LogP contribution in [-0.2, 0) is 22.6 Å². The number of carbonyl (C=O) groups is 2. The summed E-state index contributed by atoms with van der Waals surface area (Å²) in [7, 11) is 13.3. The first-order chi connectivity index (χ1) is 29.3. The number of anilines is 1. The van der Waals surface area contributed by atoms with Gasteiger partial charge in [0, 0.05) is 70.7 Å². The monoisotopic (exact) mass is 852 g/mol. The van der Waals surface area contributed by atoms with Crippen molar-refractivity contribution < 1.29 is 29.4 Å². The molecule has 4 N–H and O–H groups in total. The lowest BCUT2D eigenvalue weighted by atomic mass is 9.45. The van der Waals surface area contributed by atoms with Crippen molar-refractivity contribution in [2.45, 2.75) is 89.8 Å². The highest BCUT2D eigenvalue weighted by molar-refractivity contribution is 5.97. The van der Waals surface area contributed by atoms with E-state index >= 15 is 0 Å². The number of nitrogens with one attached hydrogen (secondary N) is 2. The lowest BCUT2D eigenvalue weighted by molar-refractivity contribution is -0.183. The predicted octanol–water partition coefficient (Wildman–Crippen LogP) is 5.05. The quantitative estimate of drug-likeness (QED) is 0.129. The highest BCUT2D eigenvalue weighted by atomic mass is 16.7. The zero-order valence-corrected chi connectivity index (χ0v) is 38.6. The number of hydroxylamine groups is 2. The van der Waals surface area contributed by atoms with Crippen LogP contribution in [0.2, 0.25) is 0 Å². The third kappa shape index (κ3) is 8.41. The Hall–Kier alpha value is -4.69. The molecule has 4 aliphatic carbocycles. The number of hydrogen-bond acceptors (Lipinski definition) is 9. The summed E-state index contributed by atoms with van der Waals surface area (Å²) in [6.45, 7) is 8.87. The minimum atomic E-state index is -1.19. The normalized spacial score (nSPS) is 28.7. The number of aliphatic imine (C=N–C) groups is 1. The standard InChI is InChI=1S/C49H69N7O6/c1-30-39-24-35(47(39,2)3)25-40(30)52-45(59)43-49(29-48(49,4)60)41(28-57)62-56(43)27-32-18-15-19-38(42(32)61-11)33-21-34(23-37(22-33)53(5)6)44(58)51-36(20-31-16-13-12-14-17-31)26-50-46(54(7)8)55(9)10/h12-19,21-23,30,35-36,39-41,43,57,60H,20,24-29H2,1-11H3,(H,51,58)(H,52,59)/t30-,35+,36-,39-,40-,41-,43+,48?,49+/m0/s1. The summed E-state index contributed by atoms with van der Waals surface area (Å²) >= 11 is 0.